The number of aliphatic hydroxyl groups excluding tert-OH is 1. The Balaban J connectivity index is 2.14. The van der Waals surface area contributed by atoms with Gasteiger partial charge in [-0.05, 0) is 12.1 Å². The number of hydrogen-bond acceptors (Lipinski definition) is 3. The molecule has 0 bridgehead atoms. The Bertz CT molecular complexity index is 698. The smallest absolute Gasteiger partial charge is 0.142 e. The van der Waals surface area contributed by atoms with E-state index in [1.54, 1.807) is 15.4 Å². The van der Waals surface area contributed by atoms with Crippen LogP contribution in [0.25, 0.3) is 10.9 Å². The summed E-state index contributed by atoms with van der Waals surface area (Å²) in [5, 5.41) is 19.9. The highest BCUT2D eigenvalue weighted by molar-refractivity contribution is 5.82. The van der Waals surface area contributed by atoms with Gasteiger partial charge in [-0.25, -0.2) is 0 Å². The third-order valence-electron chi connectivity index (χ3n) is 3.06. The van der Waals surface area contributed by atoms with Gasteiger partial charge in [-0.1, -0.05) is 18.2 Å². The number of aromatic nitrogens is 4. The molecule has 0 fully saturated rings. The van der Waals surface area contributed by atoms with Crippen molar-refractivity contribution in [3.63, 3.8) is 0 Å². The predicted molar refractivity (Wildman–Crippen MR) is 68.0 cm³/mol. The lowest BCUT2D eigenvalue weighted by Gasteiger charge is -2.04. The van der Waals surface area contributed by atoms with E-state index in [4.69, 9.17) is 0 Å². The quantitative estimate of drug-likeness (QED) is 0.738. The Morgan fingerprint density at radius 2 is 1.89 bits per heavy atom. The molecule has 5 nitrogen and oxygen atoms in total. The zero-order chi connectivity index (χ0) is 12.7. The van der Waals surface area contributed by atoms with Crippen molar-refractivity contribution in [3.8, 4) is 0 Å². The van der Waals surface area contributed by atoms with Crippen molar-refractivity contribution in [2.24, 2.45) is 14.1 Å². The molecule has 0 saturated heterocycles. The molecule has 0 aliphatic heterocycles. The van der Waals surface area contributed by atoms with Crippen LogP contribution in [0, 0.1) is 0 Å². The Morgan fingerprint density at radius 1 is 1.11 bits per heavy atom. The molecular weight excluding hydrogens is 228 g/mol. The second-order valence-corrected chi connectivity index (χ2v) is 4.34. The lowest BCUT2D eigenvalue weighted by Crippen LogP contribution is -2.03. The average molecular weight is 242 g/mol. The number of aliphatic hydroxyl groups is 1. The standard InChI is InChI=1S/C13H14N4O/c1-16-8-7-10(14-16)13(18)12-9-5-3-4-6-11(9)17(2)15-12/h3-8,13,18H,1-2H3. The van der Waals surface area contributed by atoms with Gasteiger partial charge < -0.3 is 5.11 Å². The summed E-state index contributed by atoms with van der Waals surface area (Å²) in [6, 6.07) is 9.65. The fourth-order valence-electron chi connectivity index (χ4n) is 2.16. The van der Waals surface area contributed by atoms with E-state index in [0.717, 1.165) is 10.9 Å². The molecule has 3 aromatic rings. The first-order chi connectivity index (χ1) is 8.66. The van der Waals surface area contributed by atoms with Crippen LogP contribution in [0.4, 0.5) is 0 Å². The van der Waals surface area contributed by atoms with Crippen LogP contribution in [0.5, 0.6) is 0 Å². The van der Waals surface area contributed by atoms with Crippen LogP contribution in [0.3, 0.4) is 0 Å². The molecule has 2 heterocycles. The number of hydrogen-bond donors (Lipinski definition) is 1. The Kier molecular flexibility index (Phi) is 2.41. The van der Waals surface area contributed by atoms with Gasteiger partial charge in [0.25, 0.3) is 0 Å². The van der Waals surface area contributed by atoms with Crippen molar-refractivity contribution >= 4 is 10.9 Å². The van der Waals surface area contributed by atoms with Gasteiger partial charge in [0.1, 0.15) is 11.8 Å². The fourth-order valence-corrected chi connectivity index (χ4v) is 2.16. The molecule has 0 radical (unpaired) electrons. The van der Waals surface area contributed by atoms with Gasteiger partial charge in [0.05, 0.1) is 11.2 Å². The number of fused-ring (bicyclic) bond motifs is 1. The third-order valence-corrected chi connectivity index (χ3v) is 3.06. The van der Waals surface area contributed by atoms with Gasteiger partial charge in [-0.3, -0.25) is 9.36 Å². The summed E-state index contributed by atoms with van der Waals surface area (Å²) >= 11 is 0. The molecule has 92 valence electrons. The second-order valence-electron chi connectivity index (χ2n) is 4.34. The summed E-state index contributed by atoms with van der Waals surface area (Å²) in [7, 11) is 3.70. The molecule has 0 saturated carbocycles. The van der Waals surface area contributed by atoms with Crippen LogP contribution in [-0.2, 0) is 14.1 Å². The molecule has 5 heteroatoms. The molecule has 1 unspecified atom stereocenters. The van der Waals surface area contributed by atoms with Crippen LogP contribution >= 0.6 is 0 Å². The molecule has 1 atom stereocenters. The highest BCUT2D eigenvalue weighted by Gasteiger charge is 2.19. The first-order valence-corrected chi connectivity index (χ1v) is 5.76. The van der Waals surface area contributed by atoms with Gasteiger partial charge in [0.2, 0.25) is 0 Å². The van der Waals surface area contributed by atoms with Crippen LogP contribution in [0.1, 0.15) is 17.5 Å². The molecule has 2 aromatic heterocycles. The van der Waals surface area contributed by atoms with Gasteiger partial charge in [0, 0.05) is 25.7 Å². The maximum atomic E-state index is 10.4. The number of aryl methyl sites for hydroxylation is 2. The fraction of sp³-hybridized carbons (Fsp3) is 0.231. The van der Waals surface area contributed by atoms with Crippen molar-refractivity contribution in [1.82, 2.24) is 19.6 Å². The monoisotopic (exact) mass is 242 g/mol. The van der Waals surface area contributed by atoms with Gasteiger partial charge in [-0.2, -0.15) is 10.2 Å². The van der Waals surface area contributed by atoms with Crippen LogP contribution in [-0.4, -0.2) is 24.7 Å². The molecule has 0 aliphatic carbocycles. The molecular formula is C13H14N4O. The van der Waals surface area contributed by atoms with E-state index in [0.29, 0.717) is 11.4 Å². The van der Waals surface area contributed by atoms with E-state index < -0.39 is 6.10 Å². The molecule has 0 amide bonds. The Hall–Kier alpha value is -2.14. The van der Waals surface area contributed by atoms with E-state index in [1.807, 2.05) is 44.6 Å². The number of nitrogens with zero attached hydrogens (tertiary/aromatic N) is 4. The predicted octanol–water partition coefficient (Wildman–Crippen LogP) is 1.39. The van der Waals surface area contributed by atoms with Crippen LogP contribution in [0.2, 0.25) is 0 Å². The number of benzene rings is 1. The number of para-hydroxylation sites is 1. The summed E-state index contributed by atoms with van der Waals surface area (Å²) in [4.78, 5) is 0. The van der Waals surface area contributed by atoms with Gasteiger partial charge >= 0.3 is 0 Å². The third kappa shape index (κ3) is 1.60. The SMILES string of the molecule is Cn1ccc(C(O)c2nn(C)c3ccccc23)n1. The molecule has 18 heavy (non-hydrogen) atoms. The maximum absolute atomic E-state index is 10.4. The first-order valence-electron chi connectivity index (χ1n) is 5.76. The molecule has 3 rings (SSSR count). The van der Waals surface area contributed by atoms with Crippen LogP contribution in [0.15, 0.2) is 36.5 Å². The molecule has 0 spiro atoms. The Labute approximate surface area is 104 Å². The van der Waals surface area contributed by atoms with Crippen LogP contribution < -0.4 is 0 Å². The minimum atomic E-state index is -0.794. The highest BCUT2D eigenvalue weighted by Crippen LogP contribution is 2.26. The summed E-state index contributed by atoms with van der Waals surface area (Å²) in [5.41, 5.74) is 2.26. The topological polar surface area (TPSA) is 55.9 Å². The zero-order valence-corrected chi connectivity index (χ0v) is 10.3. The number of rotatable bonds is 2. The molecule has 0 aliphatic rings. The van der Waals surface area contributed by atoms with Gasteiger partial charge in [-0.15, -0.1) is 0 Å². The van der Waals surface area contributed by atoms with E-state index in [-0.39, 0.29) is 0 Å². The van der Waals surface area contributed by atoms with E-state index >= 15 is 0 Å². The minimum absolute atomic E-state index is 0.612. The van der Waals surface area contributed by atoms with E-state index in [2.05, 4.69) is 10.2 Å². The second kappa shape index (κ2) is 3.96. The summed E-state index contributed by atoms with van der Waals surface area (Å²) in [6.07, 6.45) is 1.02. The van der Waals surface area contributed by atoms with Crippen molar-refractivity contribution in [3.05, 3.63) is 47.9 Å². The normalized spacial score (nSPS) is 13.1. The average Bonchev–Trinajstić information content (AvgIpc) is 2.94. The highest BCUT2D eigenvalue weighted by atomic mass is 16.3. The van der Waals surface area contributed by atoms with E-state index in [9.17, 15) is 5.11 Å². The lowest BCUT2D eigenvalue weighted by atomic mass is 10.1. The summed E-state index contributed by atoms with van der Waals surface area (Å²) in [5.74, 6) is 0. The summed E-state index contributed by atoms with van der Waals surface area (Å²) < 4.78 is 3.44. The first kappa shape index (κ1) is 11.0. The van der Waals surface area contributed by atoms with Crippen molar-refractivity contribution in [1.29, 1.82) is 0 Å². The zero-order valence-electron chi connectivity index (χ0n) is 10.3. The largest absolute Gasteiger partial charge is 0.380 e. The van der Waals surface area contributed by atoms with Crippen molar-refractivity contribution in [2.75, 3.05) is 0 Å². The van der Waals surface area contributed by atoms with Crippen molar-refractivity contribution < 1.29 is 5.11 Å². The maximum Gasteiger partial charge on any atom is 0.142 e. The Morgan fingerprint density at radius 3 is 2.61 bits per heavy atom. The van der Waals surface area contributed by atoms with Gasteiger partial charge in [0.15, 0.2) is 0 Å². The molecule has 1 aromatic carbocycles. The molecule has 1 N–H and O–H groups in total. The summed E-state index contributed by atoms with van der Waals surface area (Å²) in [6.45, 7) is 0. The van der Waals surface area contributed by atoms with Crippen molar-refractivity contribution in [2.45, 2.75) is 6.10 Å². The van der Waals surface area contributed by atoms with E-state index in [1.165, 1.54) is 0 Å². The lowest BCUT2D eigenvalue weighted by molar-refractivity contribution is 0.210. The minimum Gasteiger partial charge on any atom is -0.380 e.